The van der Waals surface area contributed by atoms with Gasteiger partial charge in [-0.1, -0.05) is 12.1 Å². The molecule has 0 amide bonds. The lowest BCUT2D eigenvalue weighted by molar-refractivity contribution is 0.461. The van der Waals surface area contributed by atoms with E-state index in [1.54, 1.807) is 27.1 Å². The van der Waals surface area contributed by atoms with Crippen molar-refractivity contribution in [3.05, 3.63) is 35.6 Å². The Hall–Kier alpha value is -1.67. The topological polar surface area (TPSA) is 73.8 Å². The Morgan fingerprint density at radius 2 is 2.09 bits per heavy atom. The molecule has 130 valence electrons. The van der Waals surface area contributed by atoms with Crippen molar-refractivity contribution in [1.82, 2.24) is 14.9 Å². The summed E-state index contributed by atoms with van der Waals surface area (Å²) in [5, 5.41) is 6.19. The number of sulfonamides is 1. The van der Waals surface area contributed by atoms with Crippen molar-refractivity contribution in [2.45, 2.75) is 19.9 Å². The SMILES string of the molecule is CCS(=O)(=O)N(C)CCCNC(=NC)NCc1cccc(F)c1. The molecule has 2 N–H and O–H groups in total. The molecule has 0 bridgehead atoms. The van der Waals surface area contributed by atoms with Crippen molar-refractivity contribution < 1.29 is 12.8 Å². The molecule has 0 radical (unpaired) electrons. The van der Waals surface area contributed by atoms with Crippen LogP contribution in [-0.4, -0.2) is 51.6 Å². The molecule has 0 heterocycles. The Morgan fingerprint density at radius 1 is 1.35 bits per heavy atom. The van der Waals surface area contributed by atoms with Crippen LogP contribution in [0.3, 0.4) is 0 Å². The summed E-state index contributed by atoms with van der Waals surface area (Å²) in [5.41, 5.74) is 0.821. The average molecular weight is 344 g/mol. The van der Waals surface area contributed by atoms with Crippen LogP contribution in [0.2, 0.25) is 0 Å². The molecule has 0 aromatic heterocycles. The molecule has 1 aromatic rings. The maximum absolute atomic E-state index is 13.1. The predicted octanol–water partition coefficient (Wildman–Crippen LogP) is 1.16. The lowest BCUT2D eigenvalue weighted by Gasteiger charge is -2.17. The number of guanidine groups is 1. The summed E-state index contributed by atoms with van der Waals surface area (Å²) in [6.45, 7) is 3.13. The minimum Gasteiger partial charge on any atom is -0.356 e. The molecule has 0 aliphatic rings. The van der Waals surface area contributed by atoms with E-state index >= 15 is 0 Å². The first-order chi connectivity index (χ1) is 10.9. The van der Waals surface area contributed by atoms with Gasteiger partial charge in [0.1, 0.15) is 5.82 Å². The lowest BCUT2D eigenvalue weighted by Crippen LogP contribution is -2.38. The highest BCUT2D eigenvalue weighted by Crippen LogP contribution is 2.02. The number of hydrogen-bond acceptors (Lipinski definition) is 3. The van der Waals surface area contributed by atoms with E-state index in [9.17, 15) is 12.8 Å². The zero-order chi connectivity index (χ0) is 17.3. The minimum absolute atomic E-state index is 0.105. The molecule has 0 aliphatic heterocycles. The van der Waals surface area contributed by atoms with Gasteiger partial charge in [-0.05, 0) is 31.0 Å². The highest BCUT2D eigenvalue weighted by molar-refractivity contribution is 7.89. The van der Waals surface area contributed by atoms with Gasteiger partial charge >= 0.3 is 0 Å². The maximum atomic E-state index is 13.1. The normalized spacial score (nSPS) is 12.5. The lowest BCUT2D eigenvalue weighted by atomic mass is 10.2. The first kappa shape index (κ1) is 19.4. The molecular formula is C15H25FN4O2S. The second-order valence-electron chi connectivity index (χ2n) is 5.06. The van der Waals surface area contributed by atoms with Gasteiger partial charge in [-0.15, -0.1) is 0 Å². The highest BCUT2D eigenvalue weighted by atomic mass is 32.2. The number of benzene rings is 1. The van der Waals surface area contributed by atoms with Gasteiger partial charge < -0.3 is 10.6 Å². The van der Waals surface area contributed by atoms with Crippen LogP contribution in [0.1, 0.15) is 18.9 Å². The fourth-order valence-corrected chi connectivity index (χ4v) is 2.77. The second kappa shape index (κ2) is 9.46. The zero-order valence-corrected chi connectivity index (χ0v) is 14.7. The molecule has 1 aromatic carbocycles. The van der Waals surface area contributed by atoms with Crippen LogP contribution < -0.4 is 10.6 Å². The Balaban J connectivity index is 2.32. The molecule has 6 nitrogen and oxygen atoms in total. The van der Waals surface area contributed by atoms with Gasteiger partial charge in [0.05, 0.1) is 5.75 Å². The standard InChI is InChI=1S/C15H25FN4O2S/c1-4-23(21,22)20(3)10-6-9-18-15(17-2)19-12-13-7-5-8-14(16)11-13/h5,7-8,11H,4,6,9-10,12H2,1-3H3,(H2,17,18,19). The van der Waals surface area contributed by atoms with Crippen LogP contribution in [0, 0.1) is 5.82 Å². The fraction of sp³-hybridized carbons (Fsp3) is 0.533. The first-order valence-corrected chi connectivity index (χ1v) is 9.13. The fourth-order valence-electron chi connectivity index (χ4n) is 1.92. The molecule has 1 rings (SSSR count). The number of rotatable bonds is 8. The third kappa shape index (κ3) is 6.96. The van der Waals surface area contributed by atoms with Crippen molar-refractivity contribution >= 4 is 16.0 Å². The Bertz CT molecular complexity index is 620. The molecule has 0 unspecified atom stereocenters. The van der Waals surface area contributed by atoms with Crippen LogP contribution in [0.4, 0.5) is 4.39 Å². The van der Waals surface area contributed by atoms with Gasteiger partial charge in [0.15, 0.2) is 5.96 Å². The molecule has 0 atom stereocenters. The smallest absolute Gasteiger partial charge is 0.213 e. The number of aliphatic imine (C=N–C) groups is 1. The van der Waals surface area contributed by atoms with Gasteiger partial charge in [-0.2, -0.15) is 0 Å². The minimum atomic E-state index is -3.13. The molecule has 23 heavy (non-hydrogen) atoms. The van der Waals surface area contributed by atoms with E-state index in [-0.39, 0.29) is 11.6 Å². The second-order valence-corrected chi connectivity index (χ2v) is 7.42. The number of nitrogens with one attached hydrogen (secondary N) is 2. The third-order valence-electron chi connectivity index (χ3n) is 3.35. The summed E-state index contributed by atoms with van der Waals surface area (Å²) in [7, 11) is 0.0960. The largest absolute Gasteiger partial charge is 0.356 e. The Labute approximate surface area is 137 Å². The highest BCUT2D eigenvalue weighted by Gasteiger charge is 2.13. The van der Waals surface area contributed by atoms with Crippen molar-refractivity contribution in [3.8, 4) is 0 Å². The zero-order valence-electron chi connectivity index (χ0n) is 13.8. The molecule has 0 aliphatic carbocycles. The third-order valence-corrected chi connectivity index (χ3v) is 5.22. The number of halogens is 1. The van der Waals surface area contributed by atoms with Crippen molar-refractivity contribution in [2.24, 2.45) is 4.99 Å². The summed E-state index contributed by atoms with van der Waals surface area (Å²) in [6.07, 6.45) is 0.663. The van der Waals surface area contributed by atoms with Crippen LogP contribution in [-0.2, 0) is 16.6 Å². The number of hydrogen-bond donors (Lipinski definition) is 2. The molecule has 0 saturated carbocycles. The molecule has 0 saturated heterocycles. The van der Waals surface area contributed by atoms with Crippen LogP contribution in [0.15, 0.2) is 29.3 Å². The van der Waals surface area contributed by atoms with E-state index in [4.69, 9.17) is 0 Å². The van der Waals surface area contributed by atoms with Crippen LogP contribution in [0.25, 0.3) is 0 Å². The van der Waals surface area contributed by atoms with Gasteiger partial charge in [0, 0.05) is 33.7 Å². The quantitative estimate of drug-likeness (QED) is 0.422. The van der Waals surface area contributed by atoms with Gasteiger partial charge in [-0.25, -0.2) is 17.1 Å². The summed E-state index contributed by atoms with van der Waals surface area (Å²) in [4.78, 5) is 4.08. The Morgan fingerprint density at radius 3 is 2.70 bits per heavy atom. The van der Waals surface area contributed by atoms with Gasteiger partial charge in [-0.3, -0.25) is 4.99 Å². The summed E-state index contributed by atoms with van der Waals surface area (Å²) in [6, 6.07) is 6.35. The monoisotopic (exact) mass is 344 g/mol. The molecule has 0 fully saturated rings. The van der Waals surface area contributed by atoms with Crippen LogP contribution >= 0.6 is 0 Å². The van der Waals surface area contributed by atoms with Gasteiger partial charge in [0.2, 0.25) is 10.0 Å². The molecule has 8 heteroatoms. The summed E-state index contributed by atoms with van der Waals surface area (Å²) >= 11 is 0. The van der Waals surface area contributed by atoms with E-state index in [0.717, 1.165) is 5.56 Å². The van der Waals surface area contributed by atoms with Crippen molar-refractivity contribution in [1.29, 1.82) is 0 Å². The maximum Gasteiger partial charge on any atom is 0.213 e. The first-order valence-electron chi connectivity index (χ1n) is 7.52. The average Bonchev–Trinajstić information content (AvgIpc) is 2.54. The number of nitrogens with zero attached hydrogens (tertiary/aromatic N) is 2. The van der Waals surface area contributed by atoms with Gasteiger partial charge in [0.25, 0.3) is 0 Å². The summed E-state index contributed by atoms with van der Waals surface area (Å²) in [5.74, 6) is 0.427. The predicted molar refractivity (Wildman–Crippen MR) is 91.3 cm³/mol. The van der Waals surface area contributed by atoms with E-state index in [1.165, 1.54) is 16.4 Å². The van der Waals surface area contributed by atoms with E-state index < -0.39 is 10.0 Å². The summed E-state index contributed by atoms with van der Waals surface area (Å²) < 4.78 is 37.7. The van der Waals surface area contributed by atoms with E-state index in [1.807, 2.05) is 6.07 Å². The van der Waals surface area contributed by atoms with E-state index in [2.05, 4.69) is 15.6 Å². The van der Waals surface area contributed by atoms with Crippen molar-refractivity contribution in [2.75, 3.05) is 32.9 Å². The Kier molecular flexibility index (Phi) is 7.97. The molecular weight excluding hydrogens is 319 g/mol. The van der Waals surface area contributed by atoms with E-state index in [0.29, 0.717) is 32.0 Å². The van der Waals surface area contributed by atoms with Crippen molar-refractivity contribution in [3.63, 3.8) is 0 Å². The van der Waals surface area contributed by atoms with Crippen LogP contribution in [0.5, 0.6) is 0 Å². The molecule has 0 spiro atoms.